The first-order chi connectivity index (χ1) is 51.6. The number of nitro groups is 2. The van der Waals surface area contributed by atoms with E-state index in [4.69, 9.17) is 40.0 Å². The first-order valence-corrected chi connectivity index (χ1v) is 39.0. The number of unbranched alkanes of at least 4 members (excludes halogenated alkanes) is 10. The monoisotopic (exact) mass is 1580 g/mol. The highest BCUT2D eigenvalue weighted by Gasteiger charge is 2.42. The number of amides is 2. The molecule has 0 aromatic heterocycles. The fraction of sp³-hybridized carbons (Fsp3) is 0.722. The highest BCUT2D eigenvalue weighted by Crippen LogP contribution is 2.23. The van der Waals surface area contributed by atoms with E-state index >= 15 is 0 Å². The number of ether oxygens (including phenoxy) is 7. The third-order valence-corrected chi connectivity index (χ3v) is 17.1. The molecule has 2 rings (SSSR count). The summed E-state index contributed by atoms with van der Waals surface area (Å²) in [5.74, 6) is -2.92. The Morgan fingerprint density at radius 1 is 0.445 bits per heavy atom. The summed E-state index contributed by atoms with van der Waals surface area (Å²) in [5.41, 5.74) is -1.26. The lowest BCUT2D eigenvalue weighted by Gasteiger charge is -2.35. The minimum absolute atomic E-state index is 0. The van der Waals surface area contributed by atoms with Gasteiger partial charge in [0.05, 0.1) is 36.3 Å². The van der Waals surface area contributed by atoms with Crippen LogP contribution in [0.2, 0.25) is 0 Å². The molecule has 5 N–H and O–H groups in total. The molecule has 30 nitrogen and oxygen atoms in total. The molecule has 0 aliphatic rings. The Morgan fingerprint density at radius 2 is 0.736 bits per heavy atom. The molecule has 110 heavy (non-hydrogen) atoms. The molecule has 0 saturated carbocycles. The van der Waals surface area contributed by atoms with Gasteiger partial charge in [0.25, 0.3) is 11.4 Å². The summed E-state index contributed by atoms with van der Waals surface area (Å²) in [5, 5.41) is 43.5. The van der Waals surface area contributed by atoms with Gasteiger partial charge in [0, 0.05) is 35.9 Å². The Hall–Kier alpha value is -7.77. The molecule has 31 heteroatoms. The number of likely N-dealkylation sites (N-methyl/N-ethyl adjacent to an activating group) is 2. The molecule has 0 aliphatic carbocycles. The number of carbonyl (C=O) groups excluding carboxylic acids is 10. The van der Waals surface area contributed by atoms with Crippen LogP contribution in [0.4, 0.5) is 21.0 Å². The van der Waals surface area contributed by atoms with Crippen molar-refractivity contribution in [3.05, 3.63) is 68.8 Å². The first-order valence-electron chi connectivity index (χ1n) is 38.7. The summed E-state index contributed by atoms with van der Waals surface area (Å²) in [4.78, 5) is 151. The van der Waals surface area contributed by atoms with E-state index in [0.717, 1.165) is 89.2 Å². The van der Waals surface area contributed by atoms with E-state index in [9.17, 15) is 73.3 Å². The Labute approximate surface area is 657 Å². The average molecular weight is 1580 g/mol. The second-order valence-electron chi connectivity index (χ2n) is 28.6. The van der Waals surface area contributed by atoms with Gasteiger partial charge in [0.15, 0.2) is 17.7 Å². The molecule has 2 aromatic carbocycles. The van der Waals surface area contributed by atoms with Gasteiger partial charge in [-0.05, 0) is 205 Å². The van der Waals surface area contributed by atoms with Gasteiger partial charge in [-0.25, -0.2) is 19.2 Å². The molecular weight excluding hydrogens is 1450 g/mol. The van der Waals surface area contributed by atoms with Gasteiger partial charge < -0.3 is 59.5 Å². The van der Waals surface area contributed by atoms with Crippen molar-refractivity contribution in [3.8, 4) is 11.5 Å². The van der Waals surface area contributed by atoms with Crippen molar-refractivity contribution in [1.82, 2.24) is 31.1 Å². The Bertz CT molecular complexity index is 2980. The van der Waals surface area contributed by atoms with E-state index < -0.39 is 93.1 Å². The Balaban J connectivity index is 0. The third kappa shape index (κ3) is 46.2. The summed E-state index contributed by atoms with van der Waals surface area (Å²) in [6.07, 6.45) is 10.0. The Kier molecular flexibility index (Phi) is 57.7. The number of Topliss-reactive ketones (excluding diaryl/α,β-unsaturated/α-hetero) is 2. The van der Waals surface area contributed by atoms with Gasteiger partial charge >= 0.3 is 35.5 Å². The van der Waals surface area contributed by atoms with Crippen LogP contribution in [-0.2, 0) is 62.0 Å². The van der Waals surface area contributed by atoms with Crippen molar-refractivity contribution in [2.45, 2.75) is 281 Å². The molecule has 2 aromatic rings. The number of non-ortho nitro benzene ring substituents is 2. The molecule has 0 spiro atoms. The fourth-order valence-electron chi connectivity index (χ4n) is 11.1. The lowest BCUT2D eigenvalue weighted by Crippen LogP contribution is -2.59. The van der Waals surface area contributed by atoms with Gasteiger partial charge in [-0.3, -0.25) is 58.8 Å². The molecule has 0 aliphatic heterocycles. The molecule has 0 saturated heterocycles. The summed E-state index contributed by atoms with van der Waals surface area (Å²) in [6.45, 7) is 29.5. The number of nitrogens with zero attached hydrogens (tertiary/aromatic N) is 4. The molecule has 628 valence electrons. The molecule has 0 bridgehead atoms. The predicted octanol–water partition coefficient (Wildman–Crippen LogP) is 13.1. The van der Waals surface area contributed by atoms with Gasteiger partial charge in [-0.1, -0.05) is 116 Å². The van der Waals surface area contributed by atoms with Crippen molar-refractivity contribution >= 4 is 81.8 Å². The van der Waals surface area contributed by atoms with Crippen LogP contribution in [0.5, 0.6) is 11.5 Å². The van der Waals surface area contributed by atoms with E-state index in [1.54, 1.807) is 19.0 Å². The number of carbonyl (C=O) groups is 10. The molecule has 0 radical (unpaired) electrons. The van der Waals surface area contributed by atoms with Crippen LogP contribution in [0.25, 0.3) is 0 Å². The lowest BCUT2D eigenvalue weighted by molar-refractivity contribution is -0.385. The topological polar surface area (TPSA) is 396 Å². The molecule has 0 heterocycles. The number of aliphatic hydroxyl groups excluding tert-OH is 1. The first kappa shape index (κ1) is 104. The van der Waals surface area contributed by atoms with Crippen molar-refractivity contribution in [2.24, 2.45) is 23.7 Å². The van der Waals surface area contributed by atoms with Crippen LogP contribution in [-0.4, -0.2) is 199 Å². The maximum absolute atomic E-state index is 14.2. The molecular formula is C79H133ClN8O22. The van der Waals surface area contributed by atoms with Gasteiger partial charge in [-0.15, -0.1) is 0 Å². The van der Waals surface area contributed by atoms with Gasteiger partial charge in [0.1, 0.15) is 53.9 Å². The van der Waals surface area contributed by atoms with E-state index in [2.05, 4.69) is 39.9 Å². The Morgan fingerprint density at radius 3 is 1.01 bits per heavy atom. The van der Waals surface area contributed by atoms with Gasteiger partial charge in [-0.2, -0.15) is 0 Å². The summed E-state index contributed by atoms with van der Waals surface area (Å²) in [7, 11) is 3.50. The molecule has 0 fully saturated rings. The van der Waals surface area contributed by atoms with Gasteiger partial charge in [0.2, 0.25) is 11.8 Å². The number of benzene rings is 2. The summed E-state index contributed by atoms with van der Waals surface area (Å²) < 4.78 is 37.1. The summed E-state index contributed by atoms with van der Waals surface area (Å²) in [6, 6.07) is 4.89. The van der Waals surface area contributed by atoms with Crippen LogP contribution >= 0.6 is 11.6 Å². The number of halogens is 1. The number of hydrogen-bond donors (Lipinski definition) is 5. The molecule has 2 amide bonds. The van der Waals surface area contributed by atoms with E-state index in [1.165, 1.54) is 50.2 Å². The number of aliphatic hydroxyl groups is 1. The predicted molar refractivity (Wildman–Crippen MR) is 422 cm³/mol. The summed E-state index contributed by atoms with van der Waals surface area (Å²) >= 11 is 4.92. The molecule has 8 unspecified atom stereocenters. The highest BCUT2D eigenvalue weighted by atomic mass is 35.5. The van der Waals surface area contributed by atoms with E-state index in [0.29, 0.717) is 96.2 Å². The lowest BCUT2D eigenvalue weighted by atomic mass is 10.00. The zero-order valence-electron chi connectivity index (χ0n) is 67.5. The number of nitrogens with one attached hydrogen (secondary N) is 4. The van der Waals surface area contributed by atoms with Crippen molar-refractivity contribution in [3.63, 3.8) is 0 Å². The minimum atomic E-state index is -1.58. The van der Waals surface area contributed by atoms with Crippen molar-refractivity contribution in [2.75, 3.05) is 66.7 Å². The second kappa shape index (κ2) is 60.9. The smallest absolute Gasteiger partial charge is 0.465 e. The normalized spacial score (nSPS) is 13.3. The minimum Gasteiger partial charge on any atom is -0.465 e. The number of ketones is 2. The zero-order chi connectivity index (χ0) is 82.6. The maximum atomic E-state index is 14.2. The van der Waals surface area contributed by atoms with Crippen LogP contribution in [0, 0.1) is 43.9 Å². The van der Waals surface area contributed by atoms with Crippen LogP contribution in [0.3, 0.4) is 0 Å². The zero-order valence-corrected chi connectivity index (χ0v) is 68.3. The van der Waals surface area contributed by atoms with E-state index in [1.807, 2.05) is 74.1 Å². The van der Waals surface area contributed by atoms with Crippen LogP contribution in [0.1, 0.15) is 233 Å². The number of esters is 4. The molecule has 8 atom stereocenters. The average Bonchev–Trinajstić information content (AvgIpc) is 0.798. The SMILES string of the molecule is C.CCCCN(CCCC)C(C(=O)NC(CC(C)C)C(=O)OCCCCCCOC(=O)C(CC(C)C)NC)C(O)C(C)=O.CCCCN(CCCC)C(C(=O)NC(CC(C)C)C(=O)OCCCCCCOC(=O)C(CC(C)C)NC)C(OC(=O)Oc1ccc([N+](=O)[O-])cc1)C(C)=O.O=C(Cl)Oc1ccc([N+](=O)[O-])cc1. The third-order valence-electron chi connectivity index (χ3n) is 17.0. The van der Waals surface area contributed by atoms with Crippen molar-refractivity contribution < 1.29 is 96.1 Å². The second-order valence-corrected chi connectivity index (χ2v) is 28.9. The van der Waals surface area contributed by atoms with Crippen molar-refractivity contribution in [1.29, 1.82) is 0 Å². The van der Waals surface area contributed by atoms with Crippen LogP contribution < -0.4 is 30.7 Å². The quantitative estimate of drug-likeness (QED) is 0.00781. The maximum Gasteiger partial charge on any atom is 0.514 e. The number of rotatable bonds is 55. The van der Waals surface area contributed by atoms with Crippen LogP contribution in [0.15, 0.2) is 48.5 Å². The number of hydrogen-bond acceptors (Lipinski definition) is 26. The number of nitro benzene ring substituents is 2. The standard InChI is InChI=1S/C39H64N4O11.C32H61N3O7.C7H4ClNO4.CH4/c1-9-11-21-42(22-12-10-2)34(35(29(7)44)54-39(48)53-31-19-17-30(18-20-31)43(49)50)36(45)41-33(26-28(5)6)38(47)52-24-16-14-13-15-23-51-37(46)32(40-8)25-27(3)4;1-9-11-17-35(18-12-10-2)28(29(37)25(7)36)30(38)34-27(22-24(5)6)32(40)42-20-16-14-13-15-19-41-31(39)26(33-8)21-23(3)4;8-7(10)13-6-3-1-5(2-4-6)9(11)12;/h17-20,27-28,32-35,40H,9-16,21-26H2,1-8H3,(H,41,45);23-24,26-29,33,37H,9-22H2,1-8H3,(H,34,38);1-4H;1H4. The highest BCUT2D eigenvalue weighted by molar-refractivity contribution is 6.61. The van der Waals surface area contributed by atoms with E-state index in [-0.39, 0.29) is 85.8 Å². The largest absolute Gasteiger partial charge is 0.514 e. The fourth-order valence-corrected chi connectivity index (χ4v) is 11.2.